The number of anilines is 1. The number of carbonyl (C=O) groups is 1. The molecule has 0 radical (unpaired) electrons. The van der Waals surface area contributed by atoms with Gasteiger partial charge in [0, 0.05) is 44.2 Å². The number of piperidine rings is 2. The molecule has 8 heteroatoms. The lowest BCUT2D eigenvalue weighted by Crippen LogP contribution is -2.38. The summed E-state index contributed by atoms with van der Waals surface area (Å²) >= 11 is 0. The van der Waals surface area contributed by atoms with E-state index >= 15 is 0 Å². The molecule has 0 spiro atoms. The Morgan fingerprint density at radius 1 is 1.03 bits per heavy atom. The molecule has 7 nitrogen and oxygen atoms in total. The summed E-state index contributed by atoms with van der Waals surface area (Å²) in [6.07, 6.45) is 8.27. The Labute approximate surface area is 190 Å². The molecule has 1 aromatic heterocycles. The van der Waals surface area contributed by atoms with E-state index < -0.39 is 10.0 Å². The summed E-state index contributed by atoms with van der Waals surface area (Å²) in [5.41, 5.74) is 1.09. The predicted octanol–water partition coefficient (Wildman–Crippen LogP) is 3.81. The summed E-state index contributed by atoms with van der Waals surface area (Å²) in [6.45, 7) is 4.67. The number of rotatable bonds is 7. The number of amides is 1. The second kappa shape index (κ2) is 10.1. The second-order valence-electron chi connectivity index (χ2n) is 8.85. The summed E-state index contributed by atoms with van der Waals surface area (Å²) in [5, 5.41) is 2.97. The van der Waals surface area contributed by atoms with Gasteiger partial charge in [0.25, 0.3) is 5.91 Å². The molecular weight excluding hydrogens is 426 g/mol. The summed E-state index contributed by atoms with van der Waals surface area (Å²) in [4.78, 5) is 15.4. The predicted molar refractivity (Wildman–Crippen MR) is 124 cm³/mol. The first-order valence-corrected chi connectivity index (χ1v) is 13.1. The molecule has 2 aliphatic rings. The minimum absolute atomic E-state index is 0.141. The van der Waals surface area contributed by atoms with Crippen molar-refractivity contribution in [1.29, 1.82) is 0 Å². The van der Waals surface area contributed by atoms with Gasteiger partial charge in [-0.1, -0.05) is 6.42 Å². The van der Waals surface area contributed by atoms with Gasteiger partial charge in [0.2, 0.25) is 10.0 Å². The van der Waals surface area contributed by atoms with Crippen LogP contribution < -0.4 is 10.2 Å². The van der Waals surface area contributed by atoms with Gasteiger partial charge in [-0.2, -0.15) is 4.31 Å². The maximum atomic E-state index is 13.6. The number of sulfonamides is 1. The van der Waals surface area contributed by atoms with Crippen LogP contribution in [0.15, 0.2) is 45.9 Å². The highest BCUT2D eigenvalue weighted by Gasteiger charge is 2.31. The molecule has 174 valence electrons. The Hall–Kier alpha value is -2.32. The molecule has 2 aliphatic heterocycles. The molecule has 2 fully saturated rings. The first kappa shape index (κ1) is 22.9. The van der Waals surface area contributed by atoms with E-state index in [9.17, 15) is 13.2 Å². The van der Waals surface area contributed by atoms with Crippen molar-refractivity contribution in [2.45, 2.75) is 62.8 Å². The summed E-state index contributed by atoms with van der Waals surface area (Å²) < 4.78 is 34.2. The molecule has 4 rings (SSSR count). The van der Waals surface area contributed by atoms with Crippen LogP contribution in [0.3, 0.4) is 0 Å². The zero-order valence-corrected chi connectivity index (χ0v) is 19.6. The van der Waals surface area contributed by atoms with Crippen molar-refractivity contribution < 1.29 is 17.6 Å². The highest BCUT2D eigenvalue weighted by Crippen LogP contribution is 2.32. The maximum absolute atomic E-state index is 13.6. The van der Waals surface area contributed by atoms with Crippen molar-refractivity contribution >= 4 is 21.6 Å². The van der Waals surface area contributed by atoms with E-state index in [0.29, 0.717) is 25.1 Å². The minimum Gasteiger partial charge on any atom is -0.469 e. The van der Waals surface area contributed by atoms with Crippen molar-refractivity contribution in [3.8, 4) is 0 Å². The van der Waals surface area contributed by atoms with Crippen molar-refractivity contribution in [1.82, 2.24) is 9.62 Å². The summed E-state index contributed by atoms with van der Waals surface area (Å²) in [6, 6.07) is 8.68. The second-order valence-corrected chi connectivity index (χ2v) is 10.8. The fraction of sp³-hybridized carbons (Fsp3) is 0.542. The largest absolute Gasteiger partial charge is 0.469 e. The Bertz CT molecular complexity index is 1010. The van der Waals surface area contributed by atoms with Gasteiger partial charge in [-0.25, -0.2) is 8.42 Å². The highest BCUT2D eigenvalue weighted by atomic mass is 32.2. The van der Waals surface area contributed by atoms with Gasteiger partial charge >= 0.3 is 0 Å². The first-order chi connectivity index (χ1) is 15.4. The molecular formula is C24H33N3O4S. The fourth-order valence-electron chi connectivity index (χ4n) is 4.59. The fourth-order valence-corrected chi connectivity index (χ4v) is 6.35. The number of nitrogens with zero attached hydrogens (tertiary/aromatic N) is 2. The third kappa shape index (κ3) is 5.18. The molecule has 0 bridgehead atoms. The third-order valence-electron chi connectivity index (χ3n) is 6.32. The lowest BCUT2D eigenvalue weighted by atomic mass is 10.1. The first-order valence-electron chi connectivity index (χ1n) is 11.7. The molecule has 1 aromatic carbocycles. The molecule has 32 heavy (non-hydrogen) atoms. The molecule has 0 saturated carbocycles. The van der Waals surface area contributed by atoms with Crippen LogP contribution in [-0.2, 0) is 16.4 Å². The highest BCUT2D eigenvalue weighted by molar-refractivity contribution is 7.89. The number of carbonyl (C=O) groups excluding carboxylic acids is 1. The Morgan fingerprint density at radius 2 is 1.72 bits per heavy atom. The van der Waals surface area contributed by atoms with E-state index in [1.807, 2.05) is 25.1 Å². The molecule has 2 aromatic rings. The molecule has 0 aliphatic carbocycles. The van der Waals surface area contributed by atoms with Crippen LogP contribution >= 0.6 is 0 Å². The number of nitrogens with one attached hydrogen (secondary N) is 1. The average Bonchev–Trinajstić information content (AvgIpc) is 3.32. The van der Waals surface area contributed by atoms with E-state index in [1.165, 1.54) is 6.42 Å². The van der Waals surface area contributed by atoms with Gasteiger partial charge in [0.15, 0.2) is 0 Å². The van der Waals surface area contributed by atoms with Gasteiger partial charge < -0.3 is 14.6 Å². The summed E-state index contributed by atoms with van der Waals surface area (Å²) in [7, 11) is -3.67. The van der Waals surface area contributed by atoms with E-state index in [1.54, 1.807) is 22.7 Å². The smallest absolute Gasteiger partial charge is 0.251 e. The Morgan fingerprint density at radius 3 is 2.38 bits per heavy atom. The lowest BCUT2D eigenvalue weighted by Gasteiger charge is -2.33. The van der Waals surface area contributed by atoms with E-state index in [-0.39, 0.29) is 16.8 Å². The minimum atomic E-state index is -3.67. The Balaban J connectivity index is 1.61. The van der Waals surface area contributed by atoms with Gasteiger partial charge in [-0.3, -0.25) is 4.79 Å². The van der Waals surface area contributed by atoms with Crippen LogP contribution in [0.1, 0.15) is 61.6 Å². The number of benzene rings is 1. The zero-order chi connectivity index (χ0) is 22.6. The topological polar surface area (TPSA) is 82.9 Å². The molecule has 0 unspecified atom stereocenters. The maximum Gasteiger partial charge on any atom is 0.251 e. The van der Waals surface area contributed by atoms with E-state index in [4.69, 9.17) is 4.42 Å². The summed E-state index contributed by atoms with van der Waals surface area (Å²) in [5.74, 6) is 0.524. The van der Waals surface area contributed by atoms with Gasteiger partial charge in [0.1, 0.15) is 10.7 Å². The van der Waals surface area contributed by atoms with E-state index in [2.05, 4.69) is 10.2 Å². The van der Waals surface area contributed by atoms with Crippen LogP contribution in [-0.4, -0.2) is 50.9 Å². The van der Waals surface area contributed by atoms with Crippen molar-refractivity contribution in [2.24, 2.45) is 0 Å². The Kier molecular flexibility index (Phi) is 7.20. The van der Waals surface area contributed by atoms with Crippen LogP contribution in [0.4, 0.5) is 5.69 Å². The number of hydrogen-bond donors (Lipinski definition) is 1. The average molecular weight is 460 g/mol. The zero-order valence-electron chi connectivity index (χ0n) is 18.8. The molecule has 1 atom stereocenters. The van der Waals surface area contributed by atoms with Crippen molar-refractivity contribution in [3.63, 3.8) is 0 Å². The monoisotopic (exact) mass is 459 g/mol. The number of furan rings is 1. The van der Waals surface area contributed by atoms with Gasteiger partial charge in [-0.15, -0.1) is 0 Å². The SMILES string of the molecule is C[C@H](Cc1ccco1)NC(=O)c1ccc(N2CCCCC2)c(S(=O)(=O)N2CCCCC2)c1. The quantitative estimate of drug-likeness (QED) is 0.681. The normalized spacial score (nSPS) is 19.0. The van der Waals surface area contributed by atoms with E-state index in [0.717, 1.165) is 56.6 Å². The van der Waals surface area contributed by atoms with Gasteiger partial charge in [-0.05, 0) is 69.4 Å². The lowest BCUT2D eigenvalue weighted by molar-refractivity contribution is 0.0939. The van der Waals surface area contributed by atoms with Crippen LogP contribution in [0, 0.1) is 0 Å². The molecule has 1 N–H and O–H groups in total. The van der Waals surface area contributed by atoms with Crippen molar-refractivity contribution in [3.05, 3.63) is 47.9 Å². The molecule has 2 saturated heterocycles. The number of hydrogen-bond acceptors (Lipinski definition) is 5. The van der Waals surface area contributed by atoms with Crippen LogP contribution in [0.25, 0.3) is 0 Å². The van der Waals surface area contributed by atoms with Crippen LogP contribution in [0.2, 0.25) is 0 Å². The molecule has 3 heterocycles. The van der Waals surface area contributed by atoms with Crippen molar-refractivity contribution in [2.75, 3.05) is 31.1 Å². The third-order valence-corrected chi connectivity index (χ3v) is 8.24. The standard InChI is InChI=1S/C24H33N3O4S/c1-19(17-21-9-8-16-31-21)25-24(28)20-10-11-22(26-12-4-2-5-13-26)23(18-20)32(29,30)27-14-6-3-7-15-27/h8-11,16,18-19H,2-7,12-15,17H2,1H3,(H,25,28)/t19-/m1/s1. The van der Waals surface area contributed by atoms with Crippen LogP contribution in [0.5, 0.6) is 0 Å². The van der Waals surface area contributed by atoms with Gasteiger partial charge in [0.05, 0.1) is 12.0 Å². The molecule has 1 amide bonds.